The van der Waals surface area contributed by atoms with E-state index in [1.54, 1.807) is 61.1 Å². The molecule has 0 atom stereocenters. The van der Waals surface area contributed by atoms with Crippen LogP contribution < -0.4 is 15.2 Å². The first kappa shape index (κ1) is 23.1. The highest BCUT2D eigenvalue weighted by molar-refractivity contribution is 6.04. The van der Waals surface area contributed by atoms with Gasteiger partial charge in [0.05, 0.1) is 66.0 Å². The topological polar surface area (TPSA) is 108 Å². The van der Waals surface area contributed by atoms with E-state index in [2.05, 4.69) is 21.0 Å². The molecule has 0 saturated carbocycles. The number of benzene rings is 1. The molecular formula is C27H24N6O3. The van der Waals surface area contributed by atoms with Gasteiger partial charge in [-0.3, -0.25) is 19.1 Å². The van der Waals surface area contributed by atoms with Gasteiger partial charge in [-0.1, -0.05) is 6.07 Å². The summed E-state index contributed by atoms with van der Waals surface area (Å²) in [5.41, 5.74) is 4.06. The van der Waals surface area contributed by atoms with Crippen LogP contribution in [0.2, 0.25) is 0 Å². The zero-order chi connectivity index (χ0) is 25.6. The van der Waals surface area contributed by atoms with Crippen molar-refractivity contribution in [2.45, 2.75) is 19.3 Å². The summed E-state index contributed by atoms with van der Waals surface area (Å²) >= 11 is 0. The van der Waals surface area contributed by atoms with Crippen molar-refractivity contribution < 1.29 is 9.47 Å². The predicted octanol–water partition coefficient (Wildman–Crippen LogP) is 4.15. The van der Waals surface area contributed by atoms with Gasteiger partial charge in [0.15, 0.2) is 0 Å². The van der Waals surface area contributed by atoms with Gasteiger partial charge >= 0.3 is 5.69 Å². The largest absolute Gasteiger partial charge is 0.496 e. The smallest absolute Gasteiger partial charge is 0.333 e. The van der Waals surface area contributed by atoms with E-state index in [0.29, 0.717) is 34.0 Å². The number of nitrogens with zero attached hydrogens (tertiary/aromatic N) is 6. The maximum Gasteiger partial charge on any atom is 0.333 e. The predicted molar refractivity (Wildman–Crippen MR) is 137 cm³/mol. The van der Waals surface area contributed by atoms with Gasteiger partial charge in [-0.25, -0.2) is 9.78 Å². The number of aromatic nitrogens is 5. The van der Waals surface area contributed by atoms with Crippen LogP contribution in [0.5, 0.6) is 11.6 Å². The van der Waals surface area contributed by atoms with E-state index in [0.717, 1.165) is 22.0 Å². The average Bonchev–Trinajstić information content (AvgIpc) is 3.18. The SMILES string of the molecule is COc1cc(OC)c(-c2ccc3ncc4c(c3c2)n(-c2ccc(C(C)(C)C#N)nc2)c(=O)n4C)cn1. The summed E-state index contributed by atoms with van der Waals surface area (Å²) in [5.74, 6) is 1.07. The summed E-state index contributed by atoms with van der Waals surface area (Å²) < 4.78 is 14.0. The lowest BCUT2D eigenvalue weighted by molar-refractivity contribution is 0.383. The van der Waals surface area contributed by atoms with Crippen LogP contribution in [0.3, 0.4) is 0 Å². The molecule has 0 amide bonds. The highest BCUT2D eigenvalue weighted by Crippen LogP contribution is 2.35. The first-order valence-corrected chi connectivity index (χ1v) is 11.3. The maximum atomic E-state index is 13.4. The van der Waals surface area contributed by atoms with Gasteiger partial charge in [0.2, 0.25) is 5.88 Å². The molecule has 180 valence electrons. The molecule has 9 nitrogen and oxygen atoms in total. The van der Waals surface area contributed by atoms with Gasteiger partial charge in [-0.05, 0) is 43.7 Å². The number of rotatable bonds is 5. The van der Waals surface area contributed by atoms with Crippen LogP contribution in [0.25, 0.3) is 38.8 Å². The van der Waals surface area contributed by atoms with E-state index < -0.39 is 5.41 Å². The molecule has 0 spiro atoms. The van der Waals surface area contributed by atoms with Crippen LogP contribution in [0, 0.1) is 11.3 Å². The summed E-state index contributed by atoms with van der Waals surface area (Å²) in [6.45, 7) is 3.62. The number of ether oxygens (including phenoxy) is 2. The van der Waals surface area contributed by atoms with Crippen LogP contribution in [-0.2, 0) is 12.5 Å². The summed E-state index contributed by atoms with van der Waals surface area (Å²) in [6, 6.07) is 13.4. The van der Waals surface area contributed by atoms with Crippen molar-refractivity contribution in [1.82, 2.24) is 24.1 Å². The molecule has 0 unspecified atom stereocenters. The molecule has 0 N–H and O–H groups in total. The molecule has 0 aliphatic rings. The van der Waals surface area contributed by atoms with E-state index in [-0.39, 0.29) is 5.69 Å². The Balaban J connectivity index is 1.77. The Kier molecular flexibility index (Phi) is 5.44. The van der Waals surface area contributed by atoms with Crippen molar-refractivity contribution >= 4 is 21.9 Å². The lowest BCUT2D eigenvalue weighted by Gasteiger charge is -2.15. The van der Waals surface area contributed by atoms with Crippen molar-refractivity contribution in [3.63, 3.8) is 0 Å². The standard InChI is InChI=1S/C27H24N6O3/c1-27(2,15-28)23-9-7-17(12-30-23)33-25-18-10-16(19-13-31-24(36-5)11-22(19)35-4)6-8-20(18)29-14-21(25)32(3)26(33)34/h6-14H,1-5H3. The van der Waals surface area contributed by atoms with Crippen LogP contribution in [0.15, 0.2) is 59.8 Å². The van der Waals surface area contributed by atoms with Gasteiger partial charge < -0.3 is 9.47 Å². The van der Waals surface area contributed by atoms with E-state index in [9.17, 15) is 10.1 Å². The molecule has 5 rings (SSSR count). The minimum atomic E-state index is -0.737. The lowest BCUT2D eigenvalue weighted by Crippen LogP contribution is -2.21. The second-order valence-corrected chi connectivity index (χ2v) is 8.97. The molecule has 36 heavy (non-hydrogen) atoms. The molecule has 9 heteroatoms. The molecule has 1 aromatic carbocycles. The van der Waals surface area contributed by atoms with E-state index >= 15 is 0 Å². The summed E-state index contributed by atoms with van der Waals surface area (Å²) in [6.07, 6.45) is 5.03. The fraction of sp³-hybridized carbons (Fsp3) is 0.222. The zero-order valence-corrected chi connectivity index (χ0v) is 20.6. The minimum Gasteiger partial charge on any atom is -0.496 e. The van der Waals surface area contributed by atoms with E-state index in [1.807, 2.05) is 38.1 Å². The van der Waals surface area contributed by atoms with Gasteiger partial charge in [-0.2, -0.15) is 5.26 Å². The average molecular weight is 481 g/mol. The van der Waals surface area contributed by atoms with Gasteiger partial charge in [0, 0.05) is 30.3 Å². The Labute approximate surface area is 207 Å². The zero-order valence-electron chi connectivity index (χ0n) is 20.6. The first-order valence-electron chi connectivity index (χ1n) is 11.3. The second-order valence-electron chi connectivity index (χ2n) is 8.97. The number of imidazole rings is 1. The Bertz CT molecular complexity index is 1730. The molecule has 0 radical (unpaired) electrons. The number of nitriles is 1. The minimum absolute atomic E-state index is 0.220. The number of hydrogen-bond donors (Lipinski definition) is 0. The van der Waals surface area contributed by atoms with Crippen molar-refractivity contribution in [2.75, 3.05) is 14.2 Å². The molecule has 4 aromatic heterocycles. The Morgan fingerprint density at radius 2 is 1.78 bits per heavy atom. The van der Waals surface area contributed by atoms with Crippen molar-refractivity contribution in [2.24, 2.45) is 7.05 Å². The fourth-order valence-electron chi connectivity index (χ4n) is 4.27. The summed E-state index contributed by atoms with van der Waals surface area (Å²) in [5, 5.41) is 10.2. The van der Waals surface area contributed by atoms with Gasteiger partial charge in [0.1, 0.15) is 5.75 Å². The molecule has 0 saturated heterocycles. The summed E-state index contributed by atoms with van der Waals surface area (Å²) in [4.78, 5) is 26.8. The van der Waals surface area contributed by atoms with Crippen molar-refractivity contribution in [3.8, 4) is 34.5 Å². The van der Waals surface area contributed by atoms with Crippen LogP contribution in [0.4, 0.5) is 0 Å². The molecule has 5 aromatic rings. The quantitative estimate of drug-likeness (QED) is 0.372. The molecule has 0 bridgehead atoms. The second kappa shape index (κ2) is 8.50. The van der Waals surface area contributed by atoms with Crippen LogP contribution >= 0.6 is 0 Å². The highest BCUT2D eigenvalue weighted by atomic mass is 16.5. The lowest BCUT2D eigenvalue weighted by atomic mass is 9.91. The molecular weight excluding hydrogens is 456 g/mol. The number of pyridine rings is 3. The molecule has 0 fully saturated rings. The molecule has 0 aliphatic carbocycles. The third-order valence-corrected chi connectivity index (χ3v) is 6.39. The Morgan fingerprint density at radius 3 is 2.44 bits per heavy atom. The number of aryl methyl sites for hydroxylation is 1. The molecule has 4 heterocycles. The Morgan fingerprint density at radius 1 is 0.972 bits per heavy atom. The highest BCUT2D eigenvalue weighted by Gasteiger charge is 2.22. The number of fused-ring (bicyclic) bond motifs is 3. The van der Waals surface area contributed by atoms with Crippen LogP contribution in [0.1, 0.15) is 19.5 Å². The monoisotopic (exact) mass is 480 g/mol. The van der Waals surface area contributed by atoms with Gasteiger partial charge in [0.25, 0.3) is 0 Å². The third kappa shape index (κ3) is 3.55. The number of methoxy groups -OCH3 is 2. The maximum absolute atomic E-state index is 13.4. The van der Waals surface area contributed by atoms with Crippen molar-refractivity contribution in [3.05, 3.63) is 71.2 Å². The third-order valence-electron chi connectivity index (χ3n) is 6.39. The fourth-order valence-corrected chi connectivity index (χ4v) is 4.27. The normalized spacial score (nSPS) is 11.6. The van der Waals surface area contributed by atoms with Crippen LogP contribution in [-0.4, -0.2) is 38.3 Å². The van der Waals surface area contributed by atoms with Crippen molar-refractivity contribution in [1.29, 1.82) is 5.26 Å². The van der Waals surface area contributed by atoms with Gasteiger partial charge in [-0.15, -0.1) is 0 Å². The Hall–Kier alpha value is -4.71. The molecule has 0 aliphatic heterocycles. The van der Waals surface area contributed by atoms with E-state index in [4.69, 9.17) is 9.47 Å². The first-order chi connectivity index (χ1) is 17.3. The van der Waals surface area contributed by atoms with E-state index in [1.165, 1.54) is 0 Å². The number of hydrogen-bond acceptors (Lipinski definition) is 7. The summed E-state index contributed by atoms with van der Waals surface area (Å²) in [7, 11) is 4.87.